The Kier molecular flexibility index (Phi) is 3.59. The fourth-order valence-corrected chi connectivity index (χ4v) is 1.87. The van der Waals surface area contributed by atoms with E-state index in [1.54, 1.807) is 0 Å². The van der Waals surface area contributed by atoms with E-state index in [4.69, 9.17) is 16.3 Å². The second kappa shape index (κ2) is 5.00. The van der Waals surface area contributed by atoms with E-state index in [0.717, 1.165) is 0 Å². The molecule has 1 fully saturated rings. The Labute approximate surface area is 102 Å². The van der Waals surface area contributed by atoms with Gasteiger partial charge in [0.05, 0.1) is 6.10 Å². The number of aliphatic hydroxyl groups is 2. The van der Waals surface area contributed by atoms with Gasteiger partial charge in [-0.15, -0.1) is 0 Å². The van der Waals surface area contributed by atoms with Crippen LogP contribution in [0.25, 0.3) is 0 Å². The Morgan fingerprint density at radius 3 is 3.00 bits per heavy atom. The molecule has 0 spiro atoms. The third kappa shape index (κ3) is 2.35. The van der Waals surface area contributed by atoms with Crippen LogP contribution in [0, 0.1) is 0 Å². The van der Waals surface area contributed by atoms with Gasteiger partial charge >= 0.3 is 5.69 Å². The average Bonchev–Trinajstić information content (AvgIpc) is 2.70. The Morgan fingerprint density at radius 1 is 1.67 bits per heavy atom. The molecule has 18 heavy (non-hydrogen) atoms. The van der Waals surface area contributed by atoms with Crippen molar-refractivity contribution in [3.05, 3.63) is 22.7 Å². The standard InChI is InChI=1S/C9H15N5O4/c10-5-1-2-14(9(17)12-5)6-3-4(15)7(18-6)8(16)13-11/h1-2,4,6-8,13,15-16H,3,11H2,(H2,10,12,17)/t4-,6+,7-,8?/m0/s1. The van der Waals surface area contributed by atoms with E-state index in [0.29, 0.717) is 0 Å². The van der Waals surface area contributed by atoms with Crippen molar-refractivity contribution in [3.8, 4) is 0 Å². The van der Waals surface area contributed by atoms with E-state index in [1.165, 1.54) is 16.8 Å². The van der Waals surface area contributed by atoms with Crippen LogP contribution in [0.4, 0.5) is 5.82 Å². The molecule has 9 nitrogen and oxygen atoms in total. The minimum absolute atomic E-state index is 0.106. The molecule has 0 aliphatic carbocycles. The van der Waals surface area contributed by atoms with Gasteiger partial charge in [0, 0.05) is 12.6 Å². The van der Waals surface area contributed by atoms with Gasteiger partial charge < -0.3 is 20.7 Å². The first-order chi connectivity index (χ1) is 8.52. The second-order valence-electron chi connectivity index (χ2n) is 4.01. The van der Waals surface area contributed by atoms with Crippen LogP contribution in [0.5, 0.6) is 0 Å². The van der Waals surface area contributed by atoms with Crippen LogP contribution < -0.4 is 22.7 Å². The molecule has 0 saturated carbocycles. The van der Waals surface area contributed by atoms with Crippen molar-refractivity contribution in [2.75, 3.05) is 5.73 Å². The zero-order chi connectivity index (χ0) is 13.3. The second-order valence-corrected chi connectivity index (χ2v) is 4.01. The molecule has 1 aliphatic heterocycles. The van der Waals surface area contributed by atoms with Gasteiger partial charge in [0.15, 0.2) is 0 Å². The largest absolute Gasteiger partial charge is 0.390 e. The van der Waals surface area contributed by atoms with Crippen molar-refractivity contribution in [2.45, 2.75) is 31.1 Å². The molecule has 4 atom stereocenters. The SMILES string of the molecule is NNC(O)[C@H]1O[C@@H](n2ccc(N)nc2=O)C[C@@H]1O. The molecule has 0 aromatic carbocycles. The summed E-state index contributed by atoms with van der Waals surface area (Å²) in [6, 6.07) is 1.45. The van der Waals surface area contributed by atoms with Gasteiger partial charge in [-0.1, -0.05) is 0 Å². The monoisotopic (exact) mass is 257 g/mol. The van der Waals surface area contributed by atoms with Crippen molar-refractivity contribution in [1.82, 2.24) is 15.0 Å². The van der Waals surface area contributed by atoms with Crippen LogP contribution in [-0.4, -0.2) is 38.2 Å². The summed E-state index contributed by atoms with van der Waals surface area (Å²) in [5, 5.41) is 19.2. The van der Waals surface area contributed by atoms with Crippen LogP contribution in [0.3, 0.4) is 0 Å². The third-order valence-corrected chi connectivity index (χ3v) is 2.78. The Bertz CT molecular complexity index is 478. The van der Waals surface area contributed by atoms with Crippen LogP contribution >= 0.6 is 0 Å². The Morgan fingerprint density at radius 2 is 2.39 bits per heavy atom. The molecule has 1 unspecified atom stereocenters. The van der Waals surface area contributed by atoms with Gasteiger partial charge in [-0.25, -0.2) is 10.2 Å². The number of hydrogen-bond acceptors (Lipinski definition) is 8. The van der Waals surface area contributed by atoms with E-state index < -0.39 is 30.4 Å². The van der Waals surface area contributed by atoms with Crippen LogP contribution in [-0.2, 0) is 4.74 Å². The summed E-state index contributed by atoms with van der Waals surface area (Å²) in [6.45, 7) is 0. The van der Waals surface area contributed by atoms with Crippen molar-refractivity contribution < 1.29 is 14.9 Å². The van der Waals surface area contributed by atoms with E-state index in [9.17, 15) is 15.0 Å². The lowest BCUT2D eigenvalue weighted by molar-refractivity contribution is -0.0936. The van der Waals surface area contributed by atoms with Crippen LogP contribution in [0.2, 0.25) is 0 Å². The highest BCUT2D eigenvalue weighted by molar-refractivity contribution is 5.23. The fraction of sp³-hybridized carbons (Fsp3) is 0.556. The maximum absolute atomic E-state index is 11.6. The van der Waals surface area contributed by atoms with Gasteiger partial charge in [0.25, 0.3) is 0 Å². The predicted octanol–water partition coefficient (Wildman–Crippen LogP) is -2.74. The first kappa shape index (κ1) is 12.9. The van der Waals surface area contributed by atoms with Crippen molar-refractivity contribution in [2.24, 2.45) is 5.84 Å². The summed E-state index contributed by atoms with van der Waals surface area (Å²) < 4.78 is 6.57. The summed E-state index contributed by atoms with van der Waals surface area (Å²) in [7, 11) is 0. The molecule has 1 saturated heterocycles. The number of nitrogens with zero attached hydrogens (tertiary/aromatic N) is 2. The van der Waals surface area contributed by atoms with Gasteiger partial charge in [-0.3, -0.25) is 10.4 Å². The highest BCUT2D eigenvalue weighted by atomic mass is 16.5. The quantitative estimate of drug-likeness (QED) is 0.222. The number of nitrogens with two attached hydrogens (primary N) is 2. The predicted molar refractivity (Wildman–Crippen MR) is 60.8 cm³/mol. The lowest BCUT2D eigenvalue weighted by atomic mass is 10.1. The van der Waals surface area contributed by atoms with E-state index in [2.05, 4.69) is 10.4 Å². The molecule has 9 heteroatoms. The fourth-order valence-electron chi connectivity index (χ4n) is 1.87. The molecule has 0 bridgehead atoms. The zero-order valence-corrected chi connectivity index (χ0v) is 9.43. The maximum atomic E-state index is 11.6. The molecule has 100 valence electrons. The number of hydrazine groups is 1. The Hall–Kier alpha value is -1.52. The molecular formula is C9H15N5O4. The third-order valence-electron chi connectivity index (χ3n) is 2.78. The number of aromatic nitrogens is 2. The molecule has 2 heterocycles. The number of nitrogen functional groups attached to an aromatic ring is 1. The summed E-state index contributed by atoms with van der Waals surface area (Å²) >= 11 is 0. The molecule has 0 radical (unpaired) electrons. The molecule has 1 aliphatic rings. The number of aliphatic hydroxyl groups excluding tert-OH is 2. The number of rotatable bonds is 3. The highest BCUT2D eigenvalue weighted by Crippen LogP contribution is 2.28. The molecule has 0 amide bonds. The summed E-state index contributed by atoms with van der Waals surface area (Å²) in [5.41, 5.74) is 6.87. The van der Waals surface area contributed by atoms with Gasteiger partial charge in [0.2, 0.25) is 0 Å². The summed E-state index contributed by atoms with van der Waals surface area (Å²) in [5.74, 6) is 5.17. The highest BCUT2D eigenvalue weighted by Gasteiger charge is 2.39. The van der Waals surface area contributed by atoms with Crippen LogP contribution in [0.15, 0.2) is 17.1 Å². The zero-order valence-electron chi connectivity index (χ0n) is 9.43. The minimum Gasteiger partial charge on any atom is -0.390 e. The molecule has 1 aromatic heterocycles. The van der Waals surface area contributed by atoms with Gasteiger partial charge in [-0.2, -0.15) is 4.98 Å². The topological polar surface area (TPSA) is 149 Å². The Balaban J connectivity index is 2.19. The normalized spacial score (nSPS) is 29.4. The maximum Gasteiger partial charge on any atom is 0.351 e. The van der Waals surface area contributed by atoms with Crippen molar-refractivity contribution in [1.29, 1.82) is 0 Å². The summed E-state index contributed by atoms with van der Waals surface area (Å²) in [4.78, 5) is 15.1. The number of anilines is 1. The summed E-state index contributed by atoms with van der Waals surface area (Å²) in [6.07, 6.45) is -2.22. The van der Waals surface area contributed by atoms with Gasteiger partial charge in [-0.05, 0) is 6.07 Å². The van der Waals surface area contributed by atoms with Gasteiger partial charge in [0.1, 0.15) is 24.4 Å². The first-order valence-electron chi connectivity index (χ1n) is 5.35. The van der Waals surface area contributed by atoms with E-state index >= 15 is 0 Å². The minimum atomic E-state index is -1.22. The average molecular weight is 257 g/mol. The van der Waals surface area contributed by atoms with Crippen LogP contribution in [0.1, 0.15) is 12.6 Å². The first-order valence-corrected chi connectivity index (χ1v) is 5.35. The smallest absolute Gasteiger partial charge is 0.351 e. The molecule has 7 N–H and O–H groups in total. The molecular weight excluding hydrogens is 242 g/mol. The number of hydrogen-bond donors (Lipinski definition) is 5. The van der Waals surface area contributed by atoms with Crippen molar-refractivity contribution >= 4 is 5.82 Å². The molecule has 1 aromatic rings. The lowest BCUT2D eigenvalue weighted by Crippen LogP contribution is -2.47. The number of nitrogens with one attached hydrogen (secondary N) is 1. The van der Waals surface area contributed by atoms with E-state index in [1.807, 2.05) is 0 Å². The lowest BCUT2D eigenvalue weighted by Gasteiger charge is -2.20. The van der Waals surface area contributed by atoms with Crippen molar-refractivity contribution in [3.63, 3.8) is 0 Å². The number of ether oxygens (including phenoxy) is 1. The van der Waals surface area contributed by atoms with E-state index in [-0.39, 0.29) is 12.2 Å². The molecule has 2 rings (SSSR count).